The minimum atomic E-state index is -3.11. The van der Waals surface area contributed by atoms with Crippen molar-refractivity contribution in [3.63, 3.8) is 0 Å². The predicted molar refractivity (Wildman–Crippen MR) is 98.1 cm³/mol. The van der Waals surface area contributed by atoms with Crippen LogP contribution in [0.5, 0.6) is 0 Å². The third-order valence-corrected chi connectivity index (χ3v) is 5.30. The lowest BCUT2D eigenvalue weighted by molar-refractivity contribution is 0.205. The van der Waals surface area contributed by atoms with E-state index in [1.807, 2.05) is 34.8 Å². The Hall–Kier alpha value is -2.28. The second-order valence-corrected chi connectivity index (χ2v) is 8.74. The molecule has 2 aromatic rings. The fourth-order valence-electron chi connectivity index (χ4n) is 3.37. The molecule has 134 valence electrons. The number of aromatic nitrogens is 1. The number of urea groups is 1. The third kappa shape index (κ3) is 4.22. The summed E-state index contributed by atoms with van der Waals surface area (Å²) in [6, 6.07) is 10.9. The van der Waals surface area contributed by atoms with Crippen molar-refractivity contribution in [2.75, 3.05) is 18.1 Å². The summed E-state index contributed by atoms with van der Waals surface area (Å²) < 4.78 is 24.9. The van der Waals surface area contributed by atoms with E-state index in [4.69, 9.17) is 0 Å². The summed E-state index contributed by atoms with van der Waals surface area (Å²) in [4.78, 5) is 14.6. The molecule has 1 aliphatic rings. The van der Waals surface area contributed by atoms with Crippen LogP contribution in [0.4, 0.5) is 10.5 Å². The molecule has 1 aliphatic heterocycles. The summed E-state index contributed by atoms with van der Waals surface area (Å²) in [7, 11) is -1.12. The Bertz CT molecular complexity index is 873. The molecule has 7 heteroatoms. The number of hydrogen-bond donors (Lipinski definition) is 1. The SMILES string of the molecule is Cn1cccc1[C@@H]1CCCN1C(=O)Nc1cccc(CS(C)(=O)=O)c1. The van der Waals surface area contributed by atoms with Crippen LogP contribution in [0.25, 0.3) is 0 Å². The van der Waals surface area contributed by atoms with Crippen LogP contribution in [0.3, 0.4) is 0 Å². The van der Waals surface area contributed by atoms with E-state index in [0.29, 0.717) is 17.8 Å². The number of likely N-dealkylation sites (tertiary alicyclic amines) is 1. The molecule has 1 saturated heterocycles. The summed E-state index contributed by atoms with van der Waals surface area (Å²) in [5.74, 6) is -0.0353. The van der Waals surface area contributed by atoms with E-state index >= 15 is 0 Å². The predicted octanol–water partition coefficient (Wildman–Crippen LogP) is 2.94. The van der Waals surface area contributed by atoms with Crippen LogP contribution >= 0.6 is 0 Å². The zero-order valence-electron chi connectivity index (χ0n) is 14.5. The van der Waals surface area contributed by atoms with Crippen molar-refractivity contribution in [2.24, 2.45) is 7.05 Å². The Morgan fingerprint density at radius 1 is 1.28 bits per heavy atom. The van der Waals surface area contributed by atoms with Gasteiger partial charge in [-0.15, -0.1) is 0 Å². The van der Waals surface area contributed by atoms with Crippen molar-refractivity contribution in [1.29, 1.82) is 0 Å². The molecule has 0 spiro atoms. The highest BCUT2D eigenvalue weighted by molar-refractivity contribution is 7.89. The van der Waals surface area contributed by atoms with Crippen molar-refractivity contribution in [2.45, 2.75) is 24.6 Å². The highest BCUT2D eigenvalue weighted by Gasteiger charge is 2.31. The van der Waals surface area contributed by atoms with E-state index in [-0.39, 0.29) is 17.8 Å². The van der Waals surface area contributed by atoms with Crippen LogP contribution in [0, 0.1) is 0 Å². The van der Waals surface area contributed by atoms with Gasteiger partial charge in [0.2, 0.25) is 0 Å². The van der Waals surface area contributed by atoms with Gasteiger partial charge < -0.3 is 14.8 Å². The molecule has 1 aromatic carbocycles. The Kier molecular flexibility index (Phi) is 4.85. The maximum Gasteiger partial charge on any atom is 0.322 e. The van der Waals surface area contributed by atoms with E-state index in [2.05, 4.69) is 5.32 Å². The molecular formula is C18H23N3O3S. The first-order valence-corrected chi connectivity index (χ1v) is 10.3. The van der Waals surface area contributed by atoms with Gasteiger partial charge in [-0.25, -0.2) is 13.2 Å². The Morgan fingerprint density at radius 3 is 2.76 bits per heavy atom. The van der Waals surface area contributed by atoms with Gasteiger partial charge in [-0.1, -0.05) is 12.1 Å². The third-order valence-electron chi connectivity index (χ3n) is 4.45. The monoisotopic (exact) mass is 361 g/mol. The van der Waals surface area contributed by atoms with Crippen LogP contribution in [0.15, 0.2) is 42.6 Å². The zero-order chi connectivity index (χ0) is 18.0. The maximum absolute atomic E-state index is 12.7. The fourth-order valence-corrected chi connectivity index (χ4v) is 4.16. The number of nitrogens with zero attached hydrogens (tertiary/aromatic N) is 2. The molecule has 3 rings (SSSR count). The molecule has 2 amide bonds. The molecule has 1 N–H and O–H groups in total. The first-order chi connectivity index (χ1) is 11.8. The van der Waals surface area contributed by atoms with Gasteiger partial charge in [-0.2, -0.15) is 0 Å². The fraction of sp³-hybridized carbons (Fsp3) is 0.389. The highest BCUT2D eigenvalue weighted by atomic mass is 32.2. The zero-order valence-corrected chi connectivity index (χ0v) is 15.3. The number of rotatable bonds is 4. The molecule has 2 heterocycles. The van der Waals surface area contributed by atoms with Crippen LogP contribution in [-0.2, 0) is 22.6 Å². The number of carbonyl (C=O) groups is 1. The normalized spacial score (nSPS) is 17.7. The van der Waals surface area contributed by atoms with Crippen molar-refractivity contribution in [1.82, 2.24) is 9.47 Å². The molecule has 25 heavy (non-hydrogen) atoms. The van der Waals surface area contributed by atoms with Gasteiger partial charge in [0, 0.05) is 37.4 Å². The van der Waals surface area contributed by atoms with Gasteiger partial charge in [-0.3, -0.25) is 0 Å². The van der Waals surface area contributed by atoms with Crippen LogP contribution < -0.4 is 5.32 Å². The molecule has 6 nitrogen and oxygen atoms in total. The highest BCUT2D eigenvalue weighted by Crippen LogP contribution is 2.32. The van der Waals surface area contributed by atoms with Crippen LogP contribution in [-0.4, -0.2) is 36.7 Å². The number of nitrogens with one attached hydrogen (secondary N) is 1. The maximum atomic E-state index is 12.7. The molecule has 1 atom stereocenters. The minimum absolute atomic E-state index is 0.0353. The van der Waals surface area contributed by atoms with E-state index in [1.54, 1.807) is 24.3 Å². The van der Waals surface area contributed by atoms with Crippen molar-refractivity contribution in [3.05, 3.63) is 53.9 Å². The molecule has 1 fully saturated rings. The molecular weight excluding hydrogens is 338 g/mol. The average Bonchev–Trinajstić information content (AvgIpc) is 3.13. The summed E-state index contributed by atoms with van der Waals surface area (Å²) in [5.41, 5.74) is 2.41. The molecule has 0 unspecified atom stereocenters. The molecule has 0 saturated carbocycles. The number of benzene rings is 1. The van der Waals surface area contributed by atoms with E-state index in [0.717, 1.165) is 18.5 Å². The smallest absolute Gasteiger partial charge is 0.322 e. The van der Waals surface area contributed by atoms with Gasteiger partial charge in [-0.05, 0) is 42.7 Å². The van der Waals surface area contributed by atoms with Crippen molar-refractivity contribution >= 4 is 21.6 Å². The van der Waals surface area contributed by atoms with Crippen molar-refractivity contribution in [3.8, 4) is 0 Å². The van der Waals surface area contributed by atoms with E-state index < -0.39 is 9.84 Å². The Balaban J connectivity index is 1.74. The quantitative estimate of drug-likeness (QED) is 0.910. The number of hydrogen-bond acceptors (Lipinski definition) is 3. The van der Waals surface area contributed by atoms with E-state index in [1.165, 1.54) is 6.26 Å². The Labute approximate surface area is 148 Å². The van der Waals surface area contributed by atoms with Crippen LogP contribution in [0.1, 0.15) is 30.1 Å². The summed E-state index contributed by atoms with van der Waals surface area (Å²) >= 11 is 0. The average molecular weight is 361 g/mol. The second kappa shape index (κ2) is 6.92. The number of anilines is 1. The molecule has 1 aromatic heterocycles. The van der Waals surface area contributed by atoms with Crippen LogP contribution in [0.2, 0.25) is 0 Å². The number of carbonyl (C=O) groups excluding carboxylic acids is 1. The standard InChI is InChI=1S/C18H23N3O3S/c1-20-10-4-8-16(20)17-9-5-11-21(17)18(22)19-15-7-3-6-14(12-15)13-25(2,23)24/h3-4,6-8,10,12,17H,5,9,11,13H2,1-2H3,(H,19,22)/t17-/m0/s1. The lowest BCUT2D eigenvalue weighted by atomic mass is 10.1. The van der Waals surface area contributed by atoms with Gasteiger partial charge in [0.05, 0.1) is 11.8 Å². The van der Waals surface area contributed by atoms with Gasteiger partial charge in [0.1, 0.15) is 0 Å². The van der Waals surface area contributed by atoms with Crippen molar-refractivity contribution < 1.29 is 13.2 Å². The van der Waals surface area contributed by atoms with Gasteiger partial charge in [0.25, 0.3) is 0 Å². The minimum Gasteiger partial charge on any atom is -0.353 e. The largest absolute Gasteiger partial charge is 0.353 e. The number of sulfone groups is 1. The second-order valence-electron chi connectivity index (χ2n) is 6.60. The van der Waals surface area contributed by atoms with Gasteiger partial charge >= 0.3 is 6.03 Å². The number of amides is 2. The number of aryl methyl sites for hydroxylation is 1. The summed E-state index contributed by atoms with van der Waals surface area (Å²) in [5, 5.41) is 2.90. The molecule has 0 aliphatic carbocycles. The lowest BCUT2D eigenvalue weighted by Gasteiger charge is -2.25. The Morgan fingerprint density at radius 2 is 2.08 bits per heavy atom. The topological polar surface area (TPSA) is 71.4 Å². The first-order valence-electron chi connectivity index (χ1n) is 8.29. The van der Waals surface area contributed by atoms with E-state index in [9.17, 15) is 13.2 Å². The summed E-state index contributed by atoms with van der Waals surface area (Å²) in [6.45, 7) is 0.713. The summed E-state index contributed by atoms with van der Waals surface area (Å²) in [6.07, 6.45) is 5.10. The molecule has 0 bridgehead atoms. The molecule has 0 radical (unpaired) electrons. The lowest BCUT2D eigenvalue weighted by Crippen LogP contribution is -2.35. The first kappa shape index (κ1) is 17.5. The van der Waals surface area contributed by atoms with Gasteiger partial charge in [0.15, 0.2) is 9.84 Å².